The van der Waals surface area contributed by atoms with E-state index in [2.05, 4.69) is 34.2 Å². The highest BCUT2D eigenvalue weighted by Gasteiger charge is 2.08. The van der Waals surface area contributed by atoms with Gasteiger partial charge in [0, 0.05) is 10.4 Å². The third kappa shape index (κ3) is 3.63. The van der Waals surface area contributed by atoms with Crippen molar-refractivity contribution in [2.75, 3.05) is 0 Å². The first-order valence-corrected chi connectivity index (χ1v) is 5.03. The summed E-state index contributed by atoms with van der Waals surface area (Å²) in [4.78, 5) is 0. The highest BCUT2D eigenvalue weighted by molar-refractivity contribution is 9.10. The first kappa shape index (κ1) is 12.2. The van der Waals surface area contributed by atoms with Crippen LogP contribution < -0.4 is 4.74 Å². The molecular formula is C11H10BrF2O. The average Bonchev–Trinajstić information content (AvgIpc) is 2.14. The van der Waals surface area contributed by atoms with Crippen LogP contribution in [0.4, 0.5) is 8.78 Å². The van der Waals surface area contributed by atoms with Gasteiger partial charge in [-0.15, -0.1) is 6.58 Å². The number of hydrogen-bond acceptors (Lipinski definition) is 1. The fraction of sp³-hybridized carbons (Fsp3) is 0.182. The highest BCUT2D eigenvalue weighted by Crippen LogP contribution is 2.27. The highest BCUT2D eigenvalue weighted by atomic mass is 79.9. The normalized spacial score (nSPS) is 12.6. The monoisotopic (exact) mass is 275 g/mol. The standard InChI is InChI=1S/C11H10BrF2O/c1-3-7(2)8-4-9(12)6-10(5-8)15-11(13)14/h3-7,11H,1-2H2. The van der Waals surface area contributed by atoms with Gasteiger partial charge in [0.15, 0.2) is 0 Å². The molecule has 1 aromatic rings. The van der Waals surface area contributed by atoms with Gasteiger partial charge in [-0.25, -0.2) is 0 Å². The van der Waals surface area contributed by atoms with E-state index in [9.17, 15) is 8.78 Å². The summed E-state index contributed by atoms with van der Waals surface area (Å²) in [6, 6.07) is 4.79. The fourth-order valence-corrected chi connectivity index (χ4v) is 1.60. The summed E-state index contributed by atoms with van der Waals surface area (Å²) in [5.74, 6) is -0.0348. The summed E-state index contributed by atoms with van der Waals surface area (Å²) in [6.07, 6.45) is 1.63. The van der Waals surface area contributed by atoms with Gasteiger partial charge in [0.05, 0.1) is 0 Å². The molecule has 4 heteroatoms. The van der Waals surface area contributed by atoms with E-state index in [1.807, 2.05) is 0 Å². The van der Waals surface area contributed by atoms with Gasteiger partial charge in [0.25, 0.3) is 0 Å². The van der Waals surface area contributed by atoms with Crippen molar-refractivity contribution < 1.29 is 13.5 Å². The molecule has 1 radical (unpaired) electrons. The molecule has 0 fully saturated rings. The first-order chi connectivity index (χ1) is 7.02. The lowest BCUT2D eigenvalue weighted by Gasteiger charge is -2.10. The van der Waals surface area contributed by atoms with Gasteiger partial charge in [0.2, 0.25) is 0 Å². The molecule has 1 atom stereocenters. The second-order valence-corrected chi connectivity index (χ2v) is 3.86. The fourth-order valence-electron chi connectivity index (χ4n) is 1.11. The summed E-state index contributed by atoms with van der Waals surface area (Å²) in [7, 11) is 0. The van der Waals surface area contributed by atoms with E-state index in [0.717, 1.165) is 5.56 Å². The minimum absolute atomic E-state index is 0.116. The van der Waals surface area contributed by atoms with E-state index in [0.29, 0.717) is 4.47 Å². The third-order valence-corrected chi connectivity index (χ3v) is 2.29. The Kier molecular flexibility index (Phi) is 4.27. The van der Waals surface area contributed by atoms with Crippen molar-refractivity contribution >= 4 is 15.9 Å². The molecule has 0 aliphatic heterocycles. The van der Waals surface area contributed by atoms with Crippen molar-refractivity contribution in [2.45, 2.75) is 12.5 Å². The zero-order chi connectivity index (χ0) is 11.4. The Hall–Kier alpha value is -0.900. The minimum atomic E-state index is -2.82. The van der Waals surface area contributed by atoms with Crippen molar-refractivity contribution in [1.29, 1.82) is 0 Å². The Bertz CT molecular complexity index is 352. The lowest BCUT2D eigenvalue weighted by Crippen LogP contribution is -2.02. The second kappa shape index (κ2) is 5.26. The average molecular weight is 276 g/mol. The zero-order valence-electron chi connectivity index (χ0n) is 7.92. The SMILES string of the molecule is [CH2]C(C=C)c1cc(Br)cc(OC(F)F)c1. The Morgan fingerprint density at radius 1 is 1.33 bits per heavy atom. The van der Waals surface area contributed by atoms with Gasteiger partial charge in [-0.1, -0.05) is 22.0 Å². The Morgan fingerprint density at radius 2 is 2.00 bits per heavy atom. The minimum Gasteiger partial charge on any atom is -0.435 e. The van der Waals surface area contributed by atoms with Gasteiger partial charge in [-0.2, -0.15) is 8.78 Å². The molecule has 1 aromatic carbocycles. The van der Waals surface area contributed by atoms with Crippen molar-refractivity contribution in [1.82, 2.24) is 0 Å². The zero-order valence-corrected chi connectivity index (χ0v) is 9.51. The molecule has 1 rings (SSSR count). The maximum Gasteiger partial charge on any atom is 0.387 e. The molecule has 0 saturated carbocycles. The molecule has 0 saturated heterocycles. The van der Waals surface area contributed by atoms with E-state index in [4.69, 9.17) is 0 Å². The van der Waals surface area contributed by atoms with Crippen LogP contribution >= 0.6 is 15.9 Å². The molecule has 0 aliphatic rings. The number of benzene rings is 1. The molecule has 0 aromatic heterocycles. The molecule has 0 amide bonds. The molecule has 1 unspecified atom stereocenters. The number of ether oxygens (including phenoxy) is 1. The van der Waals surface area contributed by atoms with Gasteiger partial charge in [0.1, 0.15) is 5.75 Å². The predicted octanol–water partition coefficient (Wildman–Crippen LogP) is 4.15. The maximum atomic E-state index is 12.0. The van der Waals surface area contributed by atoms with Crippen LogP contribution in [0.25, 0.3) is 0 Å². The quantitative estimate of drug-likeness (QED) is 0.750. The first-order valence-electron chi connectivity index (χ1n) is 4.24. The Labute approximate surface area is 95.9 Å². The van der Waals surface area contributed by atoms with Crippen LogP contribution in [0.5, 0.6) is 5.75 Å². The largest absolute Gasteiger partial charge is 0.435 e. The Morgan fingerprint density at radius 3 is 2.53 bits per heavy atom. The van der Waals surface area contributed by atoms with E-state index in [1.165, 1.54) is 12.1 Å². The van der Waals surface area contributed by atoms with Crippen LogP contribution in [0, 0.1) is 6.92 Å². The number of allylic oxidation sites excluding steroid dienone is 1. The summed E-state index contributed by atoms with van der Waals surface area (Å²) < 4.78 is 29.0. The molecular weight excluding hydrogens is 266 g/mol. The lowest BCUT2D eigenvalue weighted by atomic mass is 10.0. The molecule has 0 heterocycles. The summed E-state index contributed by atoms with van der Waals surface area (Å²) >= 11 is 3.21. The molecule has 15 heavy (non-hydrogen) atoms. The predicted molar refractivity (Wildman–Crippen MR) is 59.1 cm³/mol. The van der Waals surface area contributed by atoms with E-state index < -0.39 is 6.61 Å². The lowest BCUT2D eigenvalue weighted by molar-refractivity contribution is -0.0499. The molecule has 81 valence electrons. The van der Waals surface area contributed by atoms with E-state index >= 15 is 0 Å². The van der Waals surface area contributed by atoms with Gasteiger partial charge < -0.3 is 4.74 Å². The van der Waals surface area contributed by atoms with Crippen LogP contribution in [-0.4, -0.2) is 6.61 Å². The van der Waals surface area contributed by atoms with Crippen LogP contribution in [0.1, 0.15) is 11.5 Å². The third-order valence-electron chi connectivity index (χ3n) is 1.83. The number of alkyl halides is 2. The van der Waals surface area contributed by atoms with Crippen molar-refractivity contribution in [3.05, 3.63) is 47.8 Å². The van der Waals surface area contributed by atoms with Crippen molar-refractivity contribution in [3.8, 4) is 5.75 Å². The number of hydrogen-bond donors (Lipinski definition) is 0. The Balaban J connectivity index is 2.99. The smallest absolute Gasteiger partial charge is 0.387 e. The molecule has 0 spiro atoms. The van der Waals surface area contributed by atoms with Gasteiger partial charge in [-0.3, -0.25) is 0 Å². The summed E-state index contributed by atoms with van der Waals surface area (Å²) in [5, 5.41) is 0. The van der Waals surface area contributed by atoms with Gasteiger partial charge >= 0.3 is 6.61 Å². The molecule has 0 N–H and O–H groups in total. The summed E-state index contributed by atoms with van der Waals surface area (Å²) in [6.45, 7) is 4.58. The topological polar surface area (TPSA) is 9.23 Å². The van der Waals surface area contributed by atoms with E-state index in [1.54, 1.807) is 12.1 Å². The van der Waals surface area contributed by atoms with Crippen LogP contribution in [0.3, 0.4) is 0 Å². The molecule has 0 aliphatic carbocycles. The molecule has 1 nitrogen and oxygen atoms in total. The molecule has 0 bridgehead atoms. The number of halogens is 3. The van der Waals surface area contributed by atoms with Crippen molar-refractivity contribution in [2.24, 2.45) is 0 Å². The maximum absolute atomic E-state index is 12.0. The van der Waals surface area contributed by atoms with E-state index in [-0.39, 0.29) is 11.7 Å². The summed E-state index contributed by atoms with van der Waals surface area (Å²) in [5.41, 5.74) is 0.773. The van der Waals surface area contributed by atoms with Gasteiger partial charge in [-0.05, 0) is 30.7 Å². The number of rotatable bonds is 4. The van der Waals surface area contributed by atoms with Crippen molar-refractivity contribution in [3.63, 3.8) is 0 Å². The van der Waals surface area contributed by atoms with Crippen LogP contribution in [-0.2, 0) is 0 Å². The second-order valence-electron chi connectivity index (χ2n) is 2.94. The van der Waals surface area contributed by atoms with Crippen LogP contribution in [0.2, 0.25) is 0 Å². The van der Waals surface area contributed by atoms with Crippen LogP contribution in [0.15, 0.2) is 35.3 Å².